The van der Waals surface area contributed by atoms with E-state index in [-0.39, 0.29) is 26.4 Å². The molecule has 4 atom stereocenters. The van der Waals surface area contributed by atoms with Crippen molar-refractivity contribution in [1.29, 1.82) is 0 Å². The lowest BCUT2D eigenvalue weighted by molar-refractivity contribution is -0.159. The molecule has 0 aliphatic carbocycles. The Morgan fingerprint density at radius 1 is 1.05 bits per heavy atom. The number of ether oxygens (including phenoxy) is 4. The number of esters is 1. The number of benzene rings is 2. The lowest BCUT2D eigenvalue weighted by atomic mass is 10.0. The number of likely N-dealkylation sites (tertiary alicyclic amines) is 1. The van der Waals surface area contributed by atoms with Crippen LogP contribution in [0, 0.1) is 0 Å². The molecule has 2 N–H and O–H groups in total. The average Bonchev–Trinajstić information content (AvgIpc) is 3.63. The summed E-state index contributed by atoms with van der Waals surface area (Å²) in [5.41, 5.74) is 0.516. The minimum absolute atomic E-state index is 0.0661. The second kappa shape index (κ2) is 13.9. The Labute approximate surface area is 259 Å². The van der Waals surface area contributed by atoms with E-state index >= 15 is 0 Å². The lowest BCUT2D eigenvalue weighted by Crippen LogP contribution is -2.54. The van der Waals surface area contributed by atoms with Crippen LogP contribution in [0.15, 0.2) is 42.5 Å². The van der Waals surface area contributed by atoms with Crippen molar-refractivity contribution in [3.05, 3.63) is 63.6 Å². The molecule has 4 rings (SSSR count). The molecule has 2 saturated heterocycles. The molecule has 2 amide bonds. The van der Waals surface area contributed by atoms with E-state index in [1.54, 1.807) is 63.2 Å². The first-order valence-corrected chi connectivity index (χ1v) is 14.5. The van der Waals surface area contributed by atoms with Crippen molar-refractivity contribution >= 4 is 47.0 Å². The minimum Gasteiger partial charge on any atom is -0.489 e. The van der Waals surface area contributed by atoms with Gasteiger partial charge in [0.25, 0.3) is 11.8 Å². The van der Waals surface area contributed by atoms with E-state index in [1.807, 2.05) is 0 Å². The summed E-state index contributed by atoms with van der Waals surface area (Å²) < 4.78 is 22.2. The van der Waals surface area contributed by atoms with Crippen LogP contribution in [0.1, 0.15) is 44.7 Å². The molecule has 232 valence electrons. The van der Waals surface area contributed by atoms with Crippen LogP contribution in [0.25, 0.3) is 0 Å². The molecule has 0 saturated carbocycles. The van der Waals surface area contributed by atoms with E-state index in [0.717, 1.165) is 0 Å². The zero-order chi connectivity index (χ0) is 31.3. The molecule has 1 unspecified atom stereocenters. The maximum absolute atomic E-state index is 13.3. The largest absolute Gasteiger partial charge is 0.489 e. The number of hydrogen-bond donors (Lipinski definition) is 2. The first kappa shape index (κ1) is 32.5. The monoisotopic (exact) mass is 636 g/mol. The first-order chi connectivity index (χ1) is 20.3. The summed E-state index contributed by atoms with van der Waals surface area (Å²) in [5.74, 6) is -2.67. The van der Waals surface area contributed by atoms with Gasteiger partial charge in [-0.2, -0.15) is 0 Å². The number of carbonyl (C=O) groups is 4. The molecular formula is C30H34Cl2N2O9. The van der Waals surface area contributed by atoms with Crippen molar-refractivity contribution in [2.24, 2.45) is 0 Å². The Morgan fingerprint density at radius 3 is 2.33 bits per heavy atom. The molecule has 0 radical (unpaired) electrons. The van der Waals surface area contributed by atoms with Crippen LogP contribution < -0.4 is 10.1 Å². The van der Waals surface area contributed by atoms with Crippen molar-refractivity contribution in [2.75, 3.05) is 13.3 Å². The third-order valence-electron chi connectivity index (χ3n) is 6.91. The average molecular weight is 638 g/mol. The maximum atomic E-state index is 13.3. The fourth-order valence-electron chi connectivity index (χ4n) is 4.83. The van der Waals surface area contributed by atoms with Crippen molar-refractivity contribution in [3.63, 3.8) is 0 Å². The van der Waals surface area contributed by atoms with Crippen molar-refractivity contribution in [1.82, 2.24) is 10.2 Å². The molecule has 2 aromatic carbocycles. The smallest absolute Gasteiger partial charge is 0.329 e. The number of carboxylic acid groups (broad SMARTS) is 1. The van der Waals surface area contributed by atoms with Gasteiger partial charge in [-0.15, -0.1) is 0 Å². The van der Waals surface area contributed by atoms with Gasteiger partial charge in [-0.1, -0.05) is 41.4 Å². The van der Waals surface area contributed by atoms with Crippen molar-refractivity contribution < 1.29 is 43.2 Å². The Hall–Kier alpha value is -3.38. The topological polar surface area (TPSA) is 141 Å². The molecule has 0 spiro atoms. The van der Waals surface area contributed by atoms with E-state index in [0.29, 0.717) is 39.8 Å². The fourth-order valence-corrected chi connectivity index (χ4v) is 5.34. The summed E-state index contributed by atoms with van der Waals surface area (Å²) in [4.78, 5) is 52.4. The number of nitrogens with zero attached hydrogens (tertiary/aromatic N) is 1. The summed E-state index contributed by atoms with van der Waals surface area (Å²) in [5, 5.41) is 13.1. The zero-order valence-electron chi connectivity index (χ0n) is 24.0. The molecule has 2 aliphatic rings. The number of halogens is 2. The van der Waals surface area contributed by atoms with Crippen molar-refractivity contribution in [2.45, 2.75) is 76.5 Å². The van der Waals surface area contributed by atoms with Crippen LogP contribution in [-0.4, -0.2) is 77.0 Å². The molecule has 2 aliphatic heterocycles. The Kier molecular flexibility index (Phi) is 10.5. The highest BCUT2D eigenvalue weighted by Gasteiger charge is 2.46. The molecule has 2 fully saturated rings. The van der Waals surface area contributed by atoms with Gasteiger partial charge in [-0.25, -0.2) is 9.59 Å². The molecular weight excluding hydrogens is 603 g/mol. The first-order valence-electron chi connectivity index (χ1n) is 13.8. The highest BCUT2D eigenvalue weighted by Crippen LogP contribution is 2.27. The third kappa shape index (κ3) is 8.38. The summed E-state index contributed by atoms with van der Waals surface area (Å²) in [6.45, 7) is 5.17. The van der Waals surface area contributed by atoms with Gasteiger partial charge in [-0.3, -0.25) is 9.59 Å². The van der Waals surface area contributed by atoms with Gasteiger partial charge < -0.3 is 34.3 Å². The van der Waals surface area contributed by atoms with Crippen LogP contribution in [-0.2, 0) is 46.4 Å². The molecule has 0 aromatic heterocycles. The van der Waals surface area contributed by atoms with Crippen LogP contribution in [0.2, 0.25) is 10.0 Å². The minimum atomic E-state index is -1.38. The molecule has 2 aromatic rings. The summed E-state index contributed by atoms with van der Waals surface area (Å²) in [6, 6.07) is 9.98. The Balaban J connectivity index is 1.44. The second-order valence-electron chi connectivity index (χ2n) is 11.3. The Bertz CT molecular complexity index is 1330. The van der Waals surface area contributed by atoms with Crippen molar-refractivity contribution in [3.8, 4) is 5.75 Å². The molecule has 11 nitrogen and oxygen atoms in total. The van der Waals surface area contributed by atoms with Gasteiger partial charge in [0.05, 0.1) is 0 Å². The van der Waals surface area contributed by atoms with Crippen LogP contribution in [0.5, 0.6) is 5.75 Å². The standard InChI is InChI=1S/C30H34Cl2N2O9/c1-30(2,3)43-29(39)22(14-17-9-11-18(12-10-17)40-15-19-20(31)6-4-7-21(19)32)33-26(35)24-25(42-16-41-24)27(36)34-13-5-8-23(34)28(37)38/h4,6-7,9-12,22-25H,5,8,13-16H2,1-3H3,(H,33,35)(H,37,38)/t22-,23?,24+,25+/m0/s1. The second-order valence-corrected chi connectivity index (χ2v) is 12.1. The number of rotatable bonds is 10. The number of carbonyl (C=O) groups excluding carboxylic acids is 3. The van der Waals surface area contributed by atoms with Crippen LogP contribution in [0.4, 0.5) is 0 Å². The SMILES string of the molecule is CC(C)(C)OC(=O)[C@H](Cc1ccc(OCc2c(Cl)cccc2Cl)cc1)NC(=O)[C@@H]1OCO[C@H]1C(=O)N1CCCC1C(=O)O. The van der Waals surface area contributed by atoms with E-state index in [2.05, 4.69) is 5.32 Å². The number of hydrogen-bond acceptors (Lipinski definition) is 8. The van der Waals surface area contributed by atoms with Gasteiger partial charge in [0.15, 0.2) is 12.2 Å². The lowest BCUT2D eigenvalue weighted by Gasteiger charge is -2.27. The Morgan fingerprint density at radius 2 is 1.70 bits per heavy atom. The summed E-state index contributed by atoms with van der Waals surface area (Å²) >= 11 is 12.4. The van der Waals surface area contributed by atoms with E-state index < -0.39 is 53.6 Å². The number of amides is 2. The van der Waals surface area contributed by atoms with Gasteiger partial charge in [0, 0.05) is 28.6 Å². The van der Waals surface area contributed by atoms with Gasteiger partial charge in [-0.05, 0) is 63.4 Å². The molecule has 2 heterocycles. The maximum Gasteiger partial charge on any atom is 0.329 e. The van der Waals surface area contributed by atoms with Gasteiger partial charge in [0.2, 0.25) is 0 Å². The normalized spacial score (nSPS) is 20.9. The summed E-state index contributed by atoms with van der Waals surface area (Å²) in [6.07, 6.45) is -1.83. The number of nitrogens with one attached hydrogen (secondary N) is 1. The van der Waals surface area contributed by atoms with Gasteiger partial charge in [0.1, 0.15) is 36.8 Å². The molecule has 43 heavy (non-hydrogen) atoms. The summed E-state index contributed by atoms with van der Waals surface area (Å²) in [7, 11) is 0. The molecule has 0 bridgehead atoms. The predicted molar refractivity (Wildman–Crippen MR) is 156 cm³/mol. The number of aliphatic carboxylic acids is 1. The van der Waals surface area contributed by atoms with Crippen LogP contribution in [0.3, 0.4) is 0 Å². The van der Waals surface area contributed by atoms with Crippen LogP contribution >= 0.6 is 23.2 Å². The highest BCUT2D eigenvalue weighted by atomic mass is 35.5. The highest BCUT2D eigenvalue weighted by molar-refractivity contribution is 6.35. The van der Waals surface area contributed by atoms with E-state index in [4.69, 9.17) is 42.1 Å². The fraction of sp³-hybridized carbons (Fsp3) is 0.467. The van der Waals surface area contributed by atoms with E-state index in [1.165, 1.54) is 4.90 Å². The molecule has 13 heteroatoms. The number of carboxylic acids is 1. The zero-order valence-corrected chi connectivity index (χ0v) is 25.5. The third-order valence-corrected chi connectivity index (χ3v) is 7.62. The van der Waals surface area contributed by atoms with E-state index in [9.17, 15) is 24.3 Å². The quantitative estimate of drug-likeness (QED) is 0.373. The van der Waals surface area contributed by atoms with Gasteiger partial charge >= 0.3 is 11.9 Å². The predicted octanol–water partition coefficient (Wildman–Crippen LogP) is 3.76.